The number of nitrogens with one attached hydrogen (secondary N) is 3. The molecule has 0 saturated heterocycles. The molecule has 0 fully saturated rings. The number of aromatic nitrogens is 4. The van der Waals surface area contributed by atoms with Gasteiger partial charge in [0, 0.05) is 22.7 Å². The van der Waals surface area contributed by atoms with E-state index in [0.717, 1.165) is 9.87 Å². The van der Waals surface area contributed by atoms with Gasteiger partial charge in [-0.25, -0.2) is 8.42 Å². The standard InChI is InChI=1S/C31H30ClN7O6S/c1-31(2)14-22-27(25(41)15-31)29(20-12-11-19(13-21(20)32)45-16-18-7-4-3-5-8-18)39(23-9-6-10-24(40)28(23)33-22)46(43,44)17-26(42)34-30-35-37-38-36-30/h3-13,29,33,40H,14-17H2,1-2H3,(H2,34,35,36,37,38,42). The molecular weight excluding hydrogens is 634 g/mol. The number of Topliss-reactive ketones (excluding diaryl/α,β-unsaturated/α-hetero) is 1. The van der Waals surface area contributed by atoms with Crippen molar-refractivity contribution in [3.05, 3.63) is 94.1 Å². The summed E-state index contributed by atoms with van der Waals surface area (Å²) in [6.45, 7) is 4.14. The lowest BCUT2D eigenvalue weighted by molar-refractivity contribution is -0.118. The van der Waals surface area contributed by atoms with Crippen molar-refractivity contribution in [2.24, 2.45) is 5.41 Å². The first-order valence-electron chi connectivity index (χ1n) is 14.3. The van der Waals surface area contributed by atoms with Crippen molar-refractivity contribution in [2.75, 3.05) is 20.7 Å². The summed E-state index contributed by atoms with van der Waals surface area (Å²) in [6, 6.07) is 17.4. The zero-order valence-electron chi connectivity index (χ0n) is 24.8. The molecule has 2 aliphatic rings. The van der Waals surface area contributed by atoms with E-state index in [4.69, 9.17) is 16.3 Å². The number of nitrogens with zero attached hydrogens (tertiary/aromatic N) is 4. The molecule has 15 heteroatoms. The number of hydrogen-bond acceptors (Lipinski definition) is 10. The first-order valence-corrected chi connectivity index (χ1v) is 16.3. The second kappa shape index (κ2) is 12.1. The number of phenolic OH excluding ortho intramolecular Hbond substituents is 1. The van der Waals surface area contributed by atoms with Gasteiger partial charge in [0.25, 0.3) is 5.95 Å². The second-order valence-corrected chi connectivity index (χ2v) is 14.1. The van der Waals surface area contributed by atoms with Crippen molar-refractivity contribution in [1.82, 2.24) is 20.6 Å². The van der Waals surface area contributed by atoms with Gasteiger partial charge in [-0.2, -0.15) is 5.21 Å². The third kappa shape index (κ3) is 6.26. The van der Waals surface area contributed by atoms with E-state index in [1.165, 1.54) is 18.2 Å². The summed E-state index contributed by atoms with van der Waals surface area (Å²) in [5.74, 6) is -2.32. The van der Waals surface area contributed by atoms with Gasteiger partial charge in [-0.1, -0.05) is 73.0 Å². The first-order chi connectivity index (χ1) is 21.9. The van der Waals surface area contributed by atoms with E-state index in [0.29, 0.717) is 17.9 Å². The fourth-order valence-electron chi connectivity index (χ4n) is 5.77. The zero-order chi connectivity index (χ0) is 32.6. The second-order valence-electron chi connectivity index (χ2n) is 11.8. The van der Waals surface area contributed by atoms with Crippen LogP contribution >= 0.6 is 11.6 Å². The average molecular weight is 664 g/mol. The van der Waals surface area contributed by atoms with Crippen LogP contribution in [-0.4, -0.2) is 51.6 Å². The Morgan fingerprint density at radius 3 is 2.63 bits per heavy atom. The predicted octanol–water partition coefficient (Wildman–Crippen LogP) is 4.72. The molecule has 238 valence electrons. The van der Waals surface area contributed by atoms with Crippen molar-refractivity contribution < 1.29 is 27.9 Å². The summed E-state index contributed by atoms with van der Waals surface area (Å²) in [5.41, 5.74) is 1.47. The Labute approximate surface area is 269 Å². The zero-order valence-corrected chi connectivity index (χ0v) is 26.4. The highest BCUT2D eigenvalue weighted by Crippen LogP contribution is 2.52. The summed E-state index contributed by atoms with van der Waals surface area (Å²) >= 11 is 6.90. The molecule has 1 aliphatic heterocycles. The van der Waals surface area contributed by atoms with E-state index in [2.05, 4.69) is 31.3 Å². The molecular formula is C31H30ClN7O6S. The number of fused-ring (bicyclic) bond motifs is 1. The molecule has 0 bridgehead atoms. The number of carbonyl (C=O) groups is 2. The largest absolute Gasteiger partial charge is 0.506 e. The van der Waals surface area contributed by atoms with Gasteiger partial charge in [0.05, 0.1) is 5.69 Å². The Kier molecular flexibility index (Phi) is 8.17. The lowest BCUT2D eigenvalue weighted by atomic mass is 9.73. The minimum absolute atomic E-state index is 0.0258. The molecule has 0 spiro atoms. The Hall–Kier alpha value is -4.95. The summed E-state index contributed by atoms with van der Waals surface area (Å²) in [4.78, 5) is 27.0. The molecule has 6 rings (SSSR count). The first kappa shape index (κ1) is 31.0. The molecule has 1 atom stereocenters. The average Bonchev–Trinajstić information content (AvgIpc) is 3.43. The van der Waals surface area contributed by atoms with E-state index < -0.39 is 33.1 Å². The van der Waals surface area contributed by atoms with Gasteiger partial charge >= 0.3 is 0 Å². The molecule has 13 nitrogen and oxygen atoms in total. The van der Waals surface area contributed by atoms with E-state index in [9.17, 15) is 23.1 Å². The molecule has 1 unspecified atom stereocenters. The number of ketones is 1. The van der Waals surface area contributed by atoms with E-state index in [1.54, 1.807) is 18.2 Å². The van der Waals surface area contributed by atoms with Gasteiger partial charge < -0.3 is 15.2 Å². The predicted molar refractivity (Wildman–Crippen MR) is 171 cm³/mol. The van der Waals surface area contributed by atoms with Gasteiger partial charge in [0.1, 0.15) is 35.6 Å². The van der Waals surface area contributed by atoms with E-state index >= 15 is 0 Å². The van der Waals surface area contributed by atoms with Crippen molar-refractivity contribution >= 4 is 50.6 Å². The van der Waals surface area contributed by atoms with Gasteiger partial charge in [-0.3, -0.25) is 19.2 Å². The van der Waals surface area contributed by atoms with Crippen LogP contribution < -0.4 is 19.7 Å². The minimum atomic E-state index is -4.60. The molecule has 4 aromatic rings. The van der Waals surface area contributed by atoms with Crippen LogP contribution in [-0.2, 0) is 26.2 Å². The molecule has 1 aromatic heterocycles. The topological polar surface area (TPSA) is 179 Å². The highest BCUT2D eigenvalue weighted by molar-refractivity contribution is 7.93. The van der Waals surface area contributed by atoms with Crippen molar-refractivity contribution in [3.8, 4) is 11.5 Å². The van der Waals surface area contributed by atoms with Crippen LogP contribution in [0.1, 0.15) is 43.9 Å². The summed E-state index contributed by atoms with van der Waals surface area (Å²) < 4.78 is 35.7. The number of rotatable bonds is 8. The number of benzene rings is 3. The molecule has 2 heterocycles. The number of halogens is 1. The number of ether oxygens (including phenoxy) is 1. The molecule has 1 amide bonds. The maximum Gasteiger partial charge on any atom is 0.269 e. The van der Waals surface area contributed by atoms with Crippen LogP contribution in [0.5, 0.6) is 11.5 Å². The van der Waals surface area contributed by atoms with Crippen molar-refractivity contribution in [3.63, 3.8) is 0 Å². The highest BCUT2D eigenvalue weighted by Gasteiger charge is 2.46. The fourth-order valence-corrected chi connectivity index (χ4v) is 7.58. The van der Waals surface area contributed by atoms with Crippen molar-refractivity contribution in [1.29, 1.82) is 0 Å². The number of aromatic amines is 1. The molecule has 46 heavy (non-hydrogen) atoms. The van der Waals surface area contributed by atoms with Crippen LogP contribution in [0.4, 0.5) is 17.3 Å². The SMILES string of the molecule is CC1(C)CC(=O)C2=C(C1)Nc1c(O)cccc1N(S(=O)(=O)CC(=O)Nc1nn[nH]n1)C2c1ccc(OCc2ccccc2)cc1Cl. The van der Waals surface area contributed by atoms with Gasteiger partial charge in [-0.05, 0) is 52.4 Å². The number of amides is 1. The number of phenols is 1. The van der Waals surface area contributed by atoms with E-state index in [1.807, 2.05) is 44.2 Å². The molecule has 0 radical (unpaired) electrons. The van der Waals surface area contributed by atoms with Crippen LogP contribution in [0.15, 0.2) is 78.0 Å². The van der Waals surface area contributed by atoms with E-state index in [-0.39, 0.29) is 58.0 Å². The summed E-state index contributed by atoms with van der Waals surface area (Å²) in [5, 5.41) is 29.4. The van der Waals surface area contributed by atoms with Crippen molar-refractivity contribution in [2.45, 2.75) is 39.3 Å². The maximum atomic E-state index is 14.4. The number of para-hydroxylation sites is 1. The van der Waals surface area contributed by atoms with Crippen LogP contribution in [0.25, 0.3) is 0 Å². The smallest absolute Gasteiger partial charge is 0.269 e. The monoisotopic (exact) mass is 663 g/mol. The normalized spacial score (nSPS) is 17.4. The lowest BCUT2D eigenvalue weighted by Gasteiger charge is -2.37. The van der Waals surface area contributed by atoms with Crippen LogP contribution in [0.3, 0.4) is 0 Å². The lowest BCUT2D eigenvalue weighted by Crippen LogP contribution is -2.42. The number of anilines is 3. The third-order valence-corrected chi connectivity index (χ3v) is 9.65. The fraction of sp³-hybridized carbons (Fsp3) is 0.258. The number of tetrazole rings is 1. The maximum absolute atomic E-state index is 14.4. The van der Waals surface area contributed by atoms with Gasteiger partial charge in [-0.15, -0.1) is 5.10 Å². The number of sulfonamides is 1. The number of H-pyrrole nitrogens is 1. The Morgan fingerprint density at radius 1 is 1.13 bits per heavy atom. The third-order valence-electron chi connectivity index (χ3n) is 7.69. The van der Waals surface area contributed by atoms with Gasteiger partial charge in [0.15, 0.2) is 5.78 Å². The summed E-state index contributed by atoms with van der Waals surface area (Å²) in [6.07, 6.45) is 0.509. The number of carbonyl (C=O) groups excluding carboxylic acids is 2. The molecule has 4 N–H and O–H groups in total. The Morgan fingerprint density at radius 2 is 1.91 bits per heavy atom. The molecule has 1 aliphatic carbocycles. The molecule has 0 saturated carbocycles. The Balaban J connectivity index is 1.49. The number of hydrogen-bond donors (Lipinski definition) is 4. The molecule has 3 aromatic carbocycles. The van der Waals surface area contributed by atoms with Gasteiger partial charge in [0.2, 0.25) is 15.9 Å². The Bertz CT molecular complexity index is 1950. The van der Waals surface area contributed by atoms with Crippen LogP contribution in [0.2, 0.25) is 5.02 Å². The summed E-state index contributed by atoms with van der Waals surface area (Å²) in [7, 11) is -4.60. The highest BCUT2D eigenvalue weighted by atomic mass is 35.5. The quantitative estimate of drug-likeness (QED) is 0.193. The number of allylic oxidation sites excluding steroid dienone is 1. The van der Waals surface area contributed by atoms with Crippen LogP contribution in [0, 0.1) is 5.41 Å². The number of aromatic hydroxyl groups is 1. The minimum Gasteiger partial charge on any atom is -0.506 e.